The van der Waals surface area contributed by atoms with Gasteiger partial charge in [0.05, 0.1) is 16.3 Å². The molecule has 0 fully saturated rings. The number of aliphatic carboxylic acids is 1. The van der Waals surface area contributed by atoms with E-state index in [4.69, 9.17) is 27.2 Å². The number of amides is 1. The van der Waals surface area contributed by atoms with Crippen molar-refractivity contribution >= 4 is 35.1 Å². The van der Waals surface area contributed by atoms with E-state index in [0.717, 1.165) is 5.56 Å². The third-order valence-electron chi connectivity index (χ3n) is 4.08. The molecule has 0 spiro atoms. The topological polar surface area (TPSA) is 119 Å². The predicted octanol–water partition coefficient (Wildman–Crippen LogP) is 3.14. The molecule has 0 radical (unpaired) electrons. The van der Waals surface area contributed by atoms with Crippen LogP contribution < -0.4 is 11.1 Å². The highest BCUT2D eigenvalue weighted by Gasteiger charge is 2.16. The number of carboxylic acid groups (broad SMARTS) is 1. The molecule has 0 saturated carbocycles. The number of nitrogens with two attached hydrogens (primary N) is 1. The molecule has 2 rings (SSSR count). The van der Waals surface area contributed by atoms with E-state index in [0.29, 0.717) is 16.3 Å². The smallest absolute Gasteiger partial charge is 0.339 e. The minimum atomic E-state index is -1.16. The summed E-state index contributed by atoms with van der Waals surface area (Å²) in [4.78, 5) is 35.2. The molecule has 0 aliphatic rings. The molecule has 1 atom stereocenters. The first kappa shape index (κ1) is 21.4. The van der Waals surface area contributed by atoms with Crippen LogP contribution in [0.25, 0.3) is 0 Å². The molecular formula is C20H21ClN2O5. The lowest BCUT2D eigenvalue weighted by molar-refractivity contribution is -0.138. The third kappa shape index (κ3) is 5.80. The van der Waals surface area contributed by atoms with Crippen LogP contribution in [-0.2, 0) is 20.9 Å². The third-order valence-corrected chi connectivity index (χ3v) is 4.41. The zero-order valence-electron chi connectivity index (χ0n) is 15.3. The van der Waals surface area contributed by atoms with Crippen molar-refractivity contribution in [2.75, 3.05) is 5.32 Å². The number of aryl methyl sites for hydroxylation is 1. The van der Waals surface area contributed by atoms with Crippen LogP contribution in [0, 0.1) is 6.92 Å². The summed E-state index contributed by atoms with van der Waals surface area (Å²) in [7, 11) is 0. The fourth-order valence-corrected chi connectivity index (χ4v) is 2.70. The summed E-state index contributed by atoms with van der Waals surface area (Å²) in [5.41, 5.74) is 7.58. The molecule has 7 nitrogen and oxygen atoms in total. The quantitative estimate of drug-likeness (QED) is 0.581. The second-order valence-electron chi connectivity index (χ2n) is 6.20. The molecular weight excluding hydrogens is 384 g/mol. The Hall–Kier alpha value is -2.90. The van der Waals surface area contributed by atoms with Gasteiger partial charge < -0.3 is 20.9 Å². The van der Waals surface area contributed by atoms with Crippen molar-refractivity contribution in [1.82, 2.24) is 0 Å². The van der Waals surface area contributed by atoms with Gasteiger partial charge in [-0.15, -0.1) is 0 Å². The van der Waals surface area contributed by atoms with Crippen LogP contribution >= 0.6 is 11.6 Å². The second kappa shape index (κ2) is 9.87. The molecule has 0 bridgehead atoms. The van der Waals surface area contributed by atoms with Gasteiger partial charge >= 0.3 is 11.9 Å². The molecule has 4 N–H and O–H groups in total. The average Bonchev–Trinajstić information content (AvgIpc) is 2.66. The Morgan fingerprint density at radius 3 is 2.57 bits per heavy atom. The first-order chi connectivity index (χ1) is 13.3. The summed E-state index contributed by atoms with van der Waals surface area (Å²) >= 11 is 6.00. The normalized spacial score (nSPS) is 11.5. The molecule has 0 heterocycles. The number of anilines is 1. The van der Waals surface area contributed by atoms with Crippen molar-refractivity contribution in [3.63, 3.8) is 0 Å². The second-order valence-corrected chi connectivity index (χ2v) is 6.60. The molecule has 2 aromatic rings. The minimum absolute atomic E-state index is 0.0177. The highest BCUT2D eigenvalue weighted by molar-refractivity contribution is 6.33. The van der Waals surface area contributed by atoms with Gasteiger partial charge in [0.1, 0.15) is 12.6 Å². The maximum Gasteiger partial charge on any atom is 0.339 e. The number of nitrogens with one attached hydrogen (secondary N) is 1. The zero-order chi connectivity index (χ0) is 20.7. The number of ether oxygens (including phenoxy) is 1. The van der Waals surface area contributed by atoms with E-state index in [9.17, 15) is 14.4 Å². The van der Waals surface area contributed by atoms with Gasteiger partial charge in [-0.05, 0) is 31.0 Å². The van der Waals surface area contributed by atoms with Gasteiger partial charge in [-0.1, -0.05) is 41.9 Å². The Morgan fingerprint density at radius 1 is 1.18 bits per heavy atom. The van der Waals surface area contributed by atoms with Crippen LogP contribution in [0.5, 0.6) is 0 Å². The lowest BCUT2D eigenvalue weighted by Crippen LogP contribution is -2.31. The summed E-state index contributed by atoms with van der Waals surface area (Å²) in [5, 5.41) is 11.8. The van der Waals surface area contributed by atoms with Crippen molar-refractivity contribution in [1.29, 1.82) is 0 Å². The Morgan fingerprint density at radius 2 is 1.89 bits per heavy atom. The number of hydrogen-bond donors (Lipinski definition) is 3. The van der Waals surface area contributed by atoms with Gasteiger partial charge in [-0.25, -0.2) is 4.79 Å². The summed E-state index contributed by atoms with van der Waals surface area (Å²) < 4.78 is 5.33. The molecule has 0 aromatic heterocycles. The summed E-state index contributed by atoms with van der Waals surface area (Å²) in [5.74, 6) is -2.10. The highest BCUT2D eigenvalue weighted by atomic mass is 35.5. The number of rotatable bonds is 8. The number of para-hydroxylation sites is 1. The number of esters is 1. The zero-order valence-corrected chi connectivity index (χ0v) is 16.0. The van der Waals surface area contributed by atoms with Crippen LogP contribution in [0.1, 0.15) is 34.3 Å². The molecule has 28 heavy (non-hydrogen) atoms. The number of benzene rings is 2. The monoisotopic (exact) mass is 404 g/mol. The Labute approximate surface area is 167 Å². The predicted molar refractivity (Wildman–Crippen MR) is 105 cm³/mol. The van der Waals surface area contributed by atoms with E-state index in [1.165, 1.54) is 0 Å². The van der Waals surface area contributed by atoms with Crippen molar-refractivity contribution in [2.24, 2.45) is 5.73 Å². The Bertz CT molecular complexity index is 885. The molecule has 8 heteroatoms. The molecule has 0 aliphatic heterocycles. The molecule has 0 unspecified atom stereocenters. The Kier molecular flexibility index (Phi) is 7.54. The standard InChI is InChI=1S/C20H21ClN2O5/c1-12-5-4-6-13(11-28-20(27)14-7-2-3-8-15(14)21)18(12)23-17(24)10-9-16(22)19(25)26/h2-8,16H,9-11,22H2,1H3,(H,23,24)(H,25,26)/t16-/m0/s1. The molecule has 0 aliphatic carbocycles. The molecule has 0 saturated heterocycles. The minimum Gasteiger partial charge on any atom is -0.480 e. The number of carbonyl (C=O) groups is 3. The SMILES string of the molecule is Cc1cccc(COC(=O)c2ccccc2Cl)c1NC(=O)CC[C@H](N)C(=O)O. The van der Waals surface area contributed by atoms with E-state index in [2.05, 4.69) is 5.32 Å². The van der Waals surface area contributed by atoms with E-state index in [1.807, 2.05) is 0 Å². The average molecular weight is 405 g/mol. The van der Waals surface area contributed by atoms with Crippen molar-refractivity contribution in [2.45, 2.75) is 32.4 Å². The van der Waals surface area contributed by atoms with E-state index in [-0.39, 0.29) is 30.9 Å². The van der Waals surface area contributed by atoms with E-state index < -0.39 is 18.0 Å². The molecule has 148 valence electrons. The van der Waals surface area contributed by atoms with Gasteiger partial charge in [0, 0.05) is 12.0 Å². The van der Waals surface area contributed by atoms with Crippen LogP contribution in [-0.4, -0.2) is 29.0 Å². The lowest BCUT2D eigenvalue weighted by Gasteiger charge is -2.15. The fourth-order valence-electron chi connectivity index (χ4n) is 2.49. The largest absolute Gasteiger partial charge is 0.480 e. The van der Waals surface area contributed by atoms with Gasteiger partial charge in [0.15, 0.2) is 0 Å². The van der Waals surface area contributed by atoms with Crippen LogP contribution in [0.3, 0.4) is 0 Å². The molecule has 1 amide bonds. The Balaban J connectivity index is 2.05. The van der Waals surface area contributed by atoms with Crippen LogP contribution in [0.2, 0.25) is 5.02 Å². The number of hydrogen-bond acceptors (Lipinski definition) is 5. The maximum atomic E-state index is 12.2. The summed E-state index contributed by atoms with van der Waals surface area (Å²) in [6.45, 7) is 1.74. The summed E-state index contributed by atoms with van der Waals surface area (Å²) in [6, 6.07) is 10.8. The maximum absolute atomic E-state index is 12.2. The molecule has 2 aromatic carbocycles. The van der Waals surface area contributed by atoms with Crippen molar-refractivity contribution < 1.29 is 24.2 Å². The highest BCUT2D eigenvalue weighted by Crippen LogP contribution is 2.23. The number of carboxylic acids is 1. The fraction of sp³-hybridized carbons (Fsp3) is 0.250. The van der Waals surface area contributed by atoms with Crippen molar-refractivity contribution in [3.8, 4) is 0 Å². The van der Waals surface area contributed by atoms with Gasteiger partial charge in [0.25, 0.3) is 0 Å². The van der Waals surface area contributed by atoms with Gasteiger partial charge in [-0.3, -0.25) is 9.59 Å². The van der Waals surface area contributed by atoms with E-state index in [1.54, 1.807) is 49.4 Å². The summed E-state index contributed by atoms with van der Waals surface area (Å²) in [6.07, 6.45) is -0.0233. The van der Waals surface area contributed by atoms with E-state index >= 15 is 0 Å². The number of halogens is 1. The van der Waals surface area contributed by atoms with Crippen LogP contribution in [0.4, 0.5) is 5.69 Å². The lowest BCUT2D eigenvalue weighted by atomic mass is 10.1. The first-order valence-electron chi connectivity index (χ1n) is 8.58. The number of carbonyl (C=O) groups excluding carboxylic acids is 2. The van der Waals surface area contributed by atoms with Crippen molar-refractivity contribution in [3.05, 3.63) is 64.2 Å². The van der Waals surface area contributed by atoms with Gasteiger partial charge in [-0.2, -0.15) is 0 Å². The van der Waals surface area contributed by atoms with Crippen LogP contribution in [0.15, 0.2) is 42.5 Å². The van der Waals surface area contributed by atoms with Gasteiger partial charge in [0.2, 0.25) is 5.91 Å². The first-order valence-corrected chi connectivity index (χ1v) is 8.95.